The topological polar surface area (TPSA) is 69.6 Å². The zero-order chi connectivity index (χ0) is 16.2. The molecule has 0 atom stereocenters. The van der Waals surface area contributed by atoms with Crippen molar-refractivity contribution in [3.8, 4) is 0 Å². The molecule has 1 rings (SSSR count). The summed E-state index contributed by atoms with van der Waals surface area (Å²) in [5.41, 5.74) is -0.415. The molecule has 0 unspecified atom stereocenters. The maximum absolute atomic E-state index is 13.4. The van der Waals surface area contributed by atoms with Gasteiger partial charge in [0.2, 0.25) is 0 Å². The molecule has 0 radical (unpaired) electrons. The van der Waals surface area contributed by atoms with Gasteiger partial charge in [-0.15, -0.1) is 0 Å². The molecule has 5 nitrogen and oxygen atoms in total. The van der Waals surface area contributed by atoms with E-state index in [-0.39, 0.29) is 9.92 Å². The average Bonchev–Trinajstić information content (AvgIpc) is 2.29. The van der Waals surface area contributed by atoms with Crippen molar-refractivity contribution in [3.05, 3.63) is 29.0 Å². The van der Waals surface area contributed by atoms with E-state index in [2.05, 4.69) is 0 Å². The van der Waals surface area contributed by atoms with Gasteiger partial charge in [0.1, 0.15) is 18.9 Å². The van der Waals surface area contributed by atoms with E-state index in [1.54, 1.807) is 0 Å². The van der Waals surface area contributed by atoms with Gasteiger partial charge in [-0.05, 0) is 18.2 Å². The number of halogens is 5. The van der Waals surface area contributed by atoms with Crippen LogP contribution in [0.4, 0.5) is 28.0 Å². The van der Waals surface area contributed by atoms with Crippen LogP contribution in [0.3, 0.4) is 0 Å². The number of alkyl halides is 3. The van der Waals surface area contributed by atoms with Gasteiger partial charge in [0.05, 0.1) is 5.69 Å². The minimum absolute atomic E-state index is 0.00359. The Hall–Kier alpha value is -2.03. The maximum Gasteiger partial charge on any atom is 0.406 e. The van der Waals surface area contributed by atoms with Crippen molar-refractivity contribution in [2.24, 2.45) is 0 Å². The van der Waals surface area contributed by atoms with Crippen molar-refractivity contribution in [3.63, 3.8) is 0 Å². The predicted molar refractivity (Wildman–Crippen MR) is 65.7 cm³/mol. The third kappa shape index (κ3) is 5.86. The largest absolute Gasteiger partial charge is 0.480 e. The summed E-state index contributed by atoms with van der Waals surface area (Å²) >= 11 is 5.48. The monoisotopic (exact) mass is 328 g/mol. The molecular weight excluding hydrogens is 320 g/mol. The molecule has 0 saturated carbocycles. The number of carbonyl (C=O) groups is 2. The van der Waals surface area contributed by atoms with Crippen LogP contribution in [0.15, 0.2) is 18.2 Å². The Bertz CT molecular complexity index is 551. The molecule has 21 heavy (non-hydrogen) atoms. The molecule has 0 saturated heterocycles. The maximum atomic E-state index is 13.4. The number of carbonyl (C=O) groups excluding carboxylic acids is 1. The fourth-order valence-corrected chi connectivity index (χ4v) is 1.52. The Morgan fingerprint density at radius 1 is 1.33 bits per heavy atom. The van der Waals surface area contributed by atoms with E-state index in [0.717, 1.165) is 12.1 Å². The van der Waals surface area contributed by atoms with Crippen LogP contribution in [0, 0.1) is 5.82 Å². The van der Waals surface area contributed by atoms with Gasteiger partial charge in [-0.2, -0.15) is 13.2 Å². The zero-order valence-electron chi connectivity index (χ0n) is 10.2. The lowest BCUT2D eigenvalue weighted by Crippen LogP contribution is -2.44. The highest BCUT2D eigenvalue weighted by atomic mass is 35.5. The number of benzene rings is 1. The molecular formula is C11H9ClF4N2O3. The highest BCUT2D eigenvalue weighted by Gasteiger charge is 2.34. The van der Waals surface area contributed by atoms with Gasteiger partial charge in [-0.3, -0.25) is 4.79 Å². The lowest BCUT2D eigenvalue weighted by Gasteiger charge is -2.22. The van der Waals surface area contributed by atoms with Crippen LogP contribution in [0.2, 0.25) is 5.02 Å². The number of nitrogens with zero attached hydrogens (tertiary/aromatic N) is 1. The number of urea groups is 1. The summed E-state index contributed by atoms with van der Waals surface area (Å²) in [5.74, 6) is -2.59. The first-order chi connectivity index (χ1) is 9.58. The zero-order valence-corrected chi connectivity index (χ0v) is 11.0. The van der Waals surface area contributed by atoms with Crippen molar-refractivity contribution in [1.82, 2.24) is 4.90 Å². The molecule has 0 aliphatic carbocycles. The van der Waals surface area contributed by atoms with Crippen LogP contribution >= 0.6 is 11.6 Å². The Balaban J connectivity index is 2.87. The van der Waals surface area contributed by atoms with Gasteiger partial charge in [-0.25, -0.2) is 9.18 Å². The van der Waals surface area contributed by atoms with Crippen molar-refractivity contribution >= 4 is 29.3 Å². The molecule has 10 heteroatoms. The number of carboxylic acids is 1. The van der Waals surface area contributed by atoms with Gasteiger partial charge in [-0.1, -0.05) is 11.6 Å². The lowest BCUT2D eigenvalue weighted by molar-refractivity contribution is -0.148. The molecule has 0 aliphatic rings. The van der Waals surface area contributed by atoms with Gasteiger partial charge >= 0.3 is 18.2 Å². The fraction of sp³-hybridized carbons (Fsp3) is 0.273. The van der Waals surface area contributed by atoms with Crippen LogP contribution in [0.1, 0.15) is 0 Å². The molecule has 0 aromatic heterocycles. The molecule has 0 heterocycles. The molecule has 1 aromatic rings. The number of anilines is 1. The highest BCUT2D eigenvalue weighted by molar-refractivity contribution is 6.30. The summed E-state index contributed by atoms with van der Waals surface area (Å²) in [5, 5.41) is 10.4. The number of hydrogen-bond acceptors (Lipinski definition) is 2. The Kier molecular flexibility index (Phi) is 5.36. The van der Waals surface area contributed by atoms with Gasteiger partial charge in [0, 0.05) is 5.02 Å². The second-order valence-corrected chi connectivity index (χ2v) is 4.36. The van der Waals surface area contributed by atoms with Crippen molar-refractivity contribution in [2.75, 3.05) is 18.4 Å². The van der Waals surface area contributed by atoms with Crippen LogP contribution < -0.4 is 5.32 Å². The quantitative estimate of drug-likeness (QED) is 0.835. The number of rotatable bonds is 4. The van der Waals surface area contributed by atoms with E-state index in [1.807, 2.05) is 5.32 Å². The minimum Gasteiger partial charge on any atom is -0.480 e. The number of carboxylic acid groups (broad SMARTS) is 1. The summed E-state index contributed by atoms with van der Waals surface area (Å²) < 4.78 is 50.3. The Morgan fingerprint density at radius 2 is 1.95 bits per heavy atom. The molecule has 0 aliphatic heterocycles. The molecule has 0 bridgehead atoms. The van der Waals surface area contributed by atoms with Crippen LogP contribution in [0.5, 0.6) is 0 Å². The van der Waals surface area contributed by atoms with E-state index >= 15 is 0 Å². The Morgan fingerprint density at radius 3 is 2.43 bits per heavy atom. The number of nitrogens with one attached hydrogen (secondary N) is 1. The molecule has 0 fully saturated rings. The predicted octanol–water partition coefficient (Wildman–Crippen LogP) is 2.96. The van der Waals surface area contributed by atoms with Gasteiger partial charge in [0.25, 0.3) is 0 Å². The standard InChI is InChI=1S/C11H9ClF4N2O3/c12-6-1-2-8(7(13)3-6)17-10(21)18(4-9(19)20)5-11(14,15)16/h1-3H,4-5H2,(H,17,21)(H,19,20). The first-order valence-corrected chi connectivity index (χ1v) is 5.76. The molecule has 1 aromatic carbocycles. The lowest BCUT2D eigenvalue weighted by atomic mass is 10.3. The second-order valence-electron chi connectivity index (χ2n) is 3.92. The summed E-state index contributed by atoms with van der Waals surface area (Å²) in [6, 6.07) is 1.71. The first kappa shape index (κ1) is 17.0. The summed E-state index contributed by atoms with van der Waals surface area (Å²) in [6.45, 7) is -2.96. The van der Waals surface area contributed by atoms with E-state index < -0.39 is 42.8 Å². The summed E-state index contributed by atoms with van der Waals surface area (Å²) in [7, 11) is 0. The van der Waals surface area contributed by atoms with E-state index in [4.69, 9.17) is 16.7 Å². The average molecular weight is 329 g/mol. The number of amides is 2. The smallest absolute Gasteiger partial charge is 0.406 e. The number of aliphatic carboxylic acids is 1. The van der Waals surface area contributed by atoms with Gasteiger partial charge < -0.3 is 15.3 Å². The normalized spacial score (nSPS) is 11.1. The third-order valence-corrected chi connectivity index (χ3v) is 2.39. The molecule has 0 spiro atoms. The molecule has 2 N–H and O–H groups in total. The minimum atomic E-state index is -4.79. The summed E-state index contributed by atoms with van der Waals surface area (Å²) in [4.78, 5) is 22.1. The van der Waals surface area contributed by atoms with Crippen LogP contribution in [-0.2, 0) is 4.79 Å². The second kappa shape index (κ2) is 6.61. The van der Waals surface area contributed by atoms with Crippen molar-refractivity contribution in [2.45, 2.75) is 6.18 Å². The van der Waals surface area contributed by atoms with E-state index in [0.29, 0.717) is 0 Å². The number of hydrogen-bond donors (Lipinski definition) is 2. The SMILES string of the molecule is O=C(O)CN(CC(F)(F)F)C(=O)Nc1ccc(Cl)cc1F. The summed E-state index contributed by atoms with van der Waals surface area (Å²) in [6.07, 6.45) is -4.79. The van der Waals surface area contributed by atoms with Crippen LogP contribution in [0.25, 0.3) is 0 Å². The fourth-order valence-electron chi connectivity index (χ4n) is 1.36. The molecule has 2 amide bonds. The highest BCUT2D eigenvalue weighted by Crippen LogP contribution is 2.21. The van der Waals surface area contributed by atoms with Crippen LogP contribution in [-0.4, -0.2) is 41.3 Å². The first-order valence-electron chi connectivity index (χ1n) is 5.38. The van der Waals surface area contributed by atoms with E-state index in [9.17, 15) is 27.2 Å². The third-order valence-electron chi connectivity index (χ3n) is 2.16. The van der Waals surface area contributed by atoms with Crippen molar-refractivity contribution < 1.29 is 32.3 Å². The molecule has 116 valence electrons. The Labute approximate surface area is 121 Å². The van der Waals surface area contributed by atoms with E-state index in [1.165, 1.54) is 6.07 Å². The van der Waals surface area contributed by atoms with Gasteiger partial charge in [0.15, 0.2) is 0 Å². The van der Waals surface area contributed by atoms with Crippen molar-refractivity contribution in [1.29, 1.82) is 0 Å².